The Hall–Kier alpha value is -1.75. The van der Waals surface area contributed by atoms with Gasteiger partial charge in [0, 0.05) is 13.2 Å². The molecule has 1 unspecified atom stereocenters. The Labute approximate surface area is 113 Å². The molecule has 0 saturated carbocycles. The van der Waals surface area contributed by atoms with E-state index in [9.17, 15) is 4.79 Å². The van der Waals surface area contributed by atoms with Crippen LogP contribution in [0.2, 0.25) is 0 Å². The molecule has 0 fully saturated rings. The number of amides is 1. The monoisotopic (exact) mass is 267 g/mol. The van der Waals surface area contributed by atoms with Gasteiger partial charge in [-0.15, -0.1) is 0 Å². The topological polar surface area (TPSA) is 56.8 Å². The van der Waals surface area contributed by atoms with E-state index in [0.29, 0.717) is 31.1 Å². The molecule has 0 heterocycles. The van der Waals surface area contributed by atoms with Crippen LogP contribution in [-0.4, -0.2) is 39.4 Å². The number of nitrogens with one attached hydrogen (secondary N) is 1. The van der Waals surface area contributed by atoms with Gasteiger partial charge in [0.2, 0.25) is 5.91 Å². The highest BCUT2D eigenvalue weighted by atomic mass is 16.5. The van der Waals surface area contributed by atoms with Crippen molar-refractivity contribution in [3.63, 3.8) is 0 Å². The molecular weight excluding hydrogens is 246 g/mol. The Morgan fingerprint density at radius 2 is 1.95 bits per heavy atom. The van der Waals surface area contributed by atoms with Crippen molar-refractivity contribution >= 4 is 5.91 Å². The zero-order valence-electron chi connectivity index (χ0n) is 11.6. The van der Waals surface area contributed by atoms with Gasteiger partial charge in [-0.3, -0.25) is 4.79 Å². The van der Waals surface area contributed by atoms with Crippen LogP contribution < -0.4 is 14.8 Å². The summed E-state index contributed by atoms with van der Waals surface area (Å²) >= 11 is 0. The van der Waals surface area contributed by atoms with E-state index < -0.39 is 0 Å². The Morgan fingerprint density at radius 1 is 1.26 bits per heavy atom. The van der Waals surface area contributed by atoms with E-state index in [-0.39, 0.29) is 11.9 Å². The van der Waals surface area contributed by atoms with E-state index in [1.54, 1.807) is 14.2 Å². The van der Waals surface area contributed by atoms with Crippen LogP contribution in [0.25, 0.3) is 0 Å². The summed E-state index contributed by atoms with van der Waals surface area (Å²) in [6.45, 7) is 2.70. The molecule has 0 aliphatic heterocycles. The molecule has 0 aliphatic rings. The summed E-state index contributed by atoms with van der Waals surface area (Å²) < 4.78 is 15.6. The second-order valence-electron chi connectivity index (χ2n) is 4.17. The second kappa shape index (κ2) is 8.37. The molecular formula is C14H21NO4. The minimum Gasteiger partial charge on any atom is -0.493 e. The summed E-state index contributed by atoms with van der Waals surface area (Å²) in [5.41, 5.74) is 0. The quantitative estimate of drug-likeness (QED) is 0.777. The van der Waals surface area contributed by atoms with Crippen molar-refractivity contribution in [1.82, 2.24) is 5.32 Å². The predicted octanol–water partition coefficient (Wildman–Crippen LogP) is 1.62. The highest BCUT2D eigenvalue weighted by molar-refractivity contribution is 5.76. The van der Waals surface area contributed by atoms with E-state index in [0.717, 1.165) is 0 Å². The van der Waals surface area contributed by atoms with Gasteiger partial charge in [-0.2, -0.15) is 0 Å². The SMILES string of the molecule is COCC(C)NC(=O)CCOc1ccccc1OC. The summed E-state index contributed by atoms with van der Waals surface area (Å²) in [7, 11) is 3.19. The zero-order chi connectivity index (χ0) is 14.1. The van der Waals surface area contributed by atoms with Gasteiger partial charge in [-0.25, -0.2) is 0 Å². The maximum absolute atomic E-state index is 11.6. The summed E-state index contributed by atoms with van der Waals surface area (Å²) in [5.74, 6) is 1.25. The molecule has 0 aromatic heterocycles. The molecule has 0 bridgehead atoms. The van der Waals surface area contributed by atoms with Gasteiger partial charge in [-0.1, -0.05) is 12.1 Å². The van der Waals surface area contributed by atoms with Crippen LogP contribution in [0.1, 0.15) is 13.3 Å². The standard InChI is InChI=1S/C14H21NO4/c1-11(10-17-2)15-14(16)8-9-19-13-7-5-4-6-12(13)18-3/h4-7,11H,8-10H2,1-3H3,(H,15,16). The molecule has 5 nitrogen and oxygen atoms in total. The predicted molar refractivity (Wildman–Crippen MR) is 72.6 cm³/mol. The summed E-state index contributed by atoms with van der Waals surface area (Å²) in [6.07, 6.45) is 0.298. The van der Waals surface area contributed by atoms with Crippen LogP contribution in [-0.2, 0) is 9.53 Å². The molecule has 106 valence electrons. The minimum absolute atomic E-state index is 0.00348. The first-order chi connectivity index (χ1) is 9.17. The number of methoxy groups -OCH3 is 2. The fourth-order valence-corrected chi connectivity index (χ4v) is 1.63. The third kappa shape index (κ3) is 5.61. The molecule has 0 aliphatic carbocycles. The van der Waals surface area contributed by atoms with Gasteiger partial charge in [0.05, 0.1) is 26.7 Å². The fraction of sp³-hybridized carbons (Fsp3) is 0.500. The third-order valence-corrected chi connectivity index (χ3v) is 2.48. The Morgan fingerprint density at radius 3 is 2.58 bits per heavy atom. The number of carbonyl (C=O) groups excluding carboxylic acids is 1. The van der Waals surface area contributed by atoms with E-state index in [4.69, 9.17) is 14.2 Å². The van der Waals surface area contributed by atoms with Crippen LogP contribution in [0.5, 0.6) is 11.5 Å². The van der Waals surface area contributed by atoms with Crippen LogP contribution in [0, 0.1) is 0 Å². The molecule has 1 aromatic rings. The fourth-order valence-electron chi connectivity index (χ4n) is 1.63. The normalized spacial score (nSPS) is 11.7. The number of carbonyl (C=O) groups is 1. The average Bonchev–Trinajstić information content (AvgIpc) is 2.39. The van der Waals surface area contributed by atoms with E-state index >= 15 is 0 Å². The Kier molecular flexibility index (Phi) is 6.74. The summed E-state index contributed by atoms with van der Waals surface area (Å²) in [4.78, 5) is 11.6. The van der Waals surface area contributed by atoms with Crippen LogP contribution in [0.15, 0.2) is 24.3 Å². The van der Waals surface area contributed by atoms with Gasteiger partial charge in [0.25, 0.3) is 0 Å². The molecule has 0 radical (unpaired) electrons. The third-order valence-electron chi connectivity index (χ3n) is 2.48. The first-order valence-corrected chi connectivity index (χ1v) is 6.21. The van der Waals surface area contributed by atoms with Gasteiger partial charge >= 0.3 is 0 Å². The van der Waals surface area contributed by atoms with Crippen molar-refractivity contribution in [1.29, 1.82) is 0 Å². The van der Waals surface area contributed by atoms with Gasteiger partial charge in [0.1, 0.15) is 0 Å². The second-order valence-corrected chi connectivity index (χ2v) is 4.17. The molecule has 1 aromatic carbocycles. The maximum atomic E-state index is 11.6. The van der Waals surface area contributed by atoms with Crippen molar-refractivity contribution in [3.05, 3.63) is 24.3 Å². The van der Waals surface area contributed by atoms with Crippen molar-refractivity contribution in [2.75, 3.05) is 27.4 Å². The lowest BCUT2D eigenvalue weighted by atomic mass is 10.3. The lowest BCUT2D eigenvalue weighted by Gasteiger charge is -2.13. The number of rotatable bonds is 8. The first kappa shape index (κ1) is 15.3. The number of hydrogen-bond acceptors (Lipinski definition) is 4. The molecule has 19 heavy (non-hydrogen) atoms. The lowest BCUT2D eigenvalue weighted by Crippen LogP contribution is -2.36. The van der Waals surface area contributed by atoms with Gasteiger partial charge in [-0.05, 0) is 19.1 Å². The smallest absolute Gasteiger partial charge is 0.223 e. The maximum Gasteiger partial charge on any atom is 0.223 e. The van der Waals surface area contributed by atoms with Crippen molar-refractivity contribution in [3.8, 4) is 11.5 Å². The molecule has 1 amide bonds. The number of benzene rings is 1. The lowest BCUT2D eigenvalue weighted by molar-refractivity contribution is -0.122. The van der Waals surface area contributed by atoms with Crippen LogP contribution >= 0.6 is 0 Å². The van der Waals surface area contributed by atoms with Crippen molar-refractivity contribution in [2.24, 2.45) is 0 Å². The summed E-state index contributed by atoms with van der Waals surface area (Å²) in [6, 6.07) is 7.35. The molecule has 5 heteroatoms. The van der Waals surface area contributed by atoms with E-state index in [2.05, 4.69) is 5.32 Å². The van der Waals surface area contributed by atoms with Gasteiger partial charge < -0.3 is 19.5 Å². The molecule has 1 N–H and O–H groups in total. The van der Waals surface area contributed by atoms with Crippen LogP contribution in [0.3, 0.4) is 0 Å². The van der Waals surface area contributed by atoms with Crippen molar-refractivity contribution in [2.45, 2.75) is 19.4 Å². The highest BCUT2D eigenvalue weighted by Gasteiger charge is 2.08. The van der Waals surface area contributed by atoms with E-state index in [1.807, 2.05) is 31.2 Å². The number of para-hydroxylation sites is 2. The number of ether oxygens (including phenoxy) is 3. The minimum atomic E-state index is -0.0561. The molecule has 1 atom stereocenters. The Bertz CT molecular complexity index is 395. The first-order valence-electron chi connectivity index (χ1n) is 6.21. The van der Waals surface area contributed by atoms with E-state index in [1.165, 1.54) is 0 Å². The van der Waals surface area contributed by atoms with Crippen LogP contribution in [0.4, 0.5) is 0 Å². The average molecular weight is 267 g/mol. The Balaban J connectivity index is 2.31. The molecule has 0 spiro atoms. The summed E-state index contributed by atoms with van der Waals surface area (Å²) in [5, 5.41) is 2.82. The largest absolute Gasteiger partial charge is 0.493 e. The zero-order valence-corrected chi connectivity index (χ0v) is 11.6. The highest BCUT2D eigenvalue weighted by Crippen LogP contribution is 2.25. The number of hydrogen-bond donors (Lipinski definition) is 1. The van der Waals surface area contributed by atoms with Gasteiger partial charge in [0.15, 0.2) is 11.5 Å². The molecule has 0 saturated heterocycles. The van der Waals surface area contributed by atoms with Crippen molar-refractivity contribution < 1.29 is 19.0 Å². The molecule has 1 rings (SSSR count).